The zero-order chi connectivity index (χ0) is 15.6. The molecule has 1 aromatic carbocycles. The Bertz CT molecular complexity index is 447. The molecule has 122 valence electrons. The molecule has 22 heavy (non-hydrogen) atoms. The molecule has 0 atom stereocenters. The van der Waals surface area contributed by atoms with Gasteiger partial charge in [-0.1, -0.05) is 23.7 Å². The van der Waals surface area contributed by atoms with Crippen molar-refractivity contribution in [1.29, 1.82) is 0 Å². The van der Waals surface area contributed by atoms with Gasteiger partial charge < -0.3 is 15.4 Å². The van der Waals surface area contributed by atoms with E-state index in [9.17, 15) is 4.79 Å². The van der Waals surface area contributed by atoms with Gasteiger partial charge in [0.1, 0.15) is 0 Å². The maximum absolute atomic E-state index is 11.7. The minimum Gasteiger partial charge on any atom is -0.379 e. The molecule has 1 fully saturated rings. The van der Waals surface area contributed by atoms with Crippen LogP contribution >= 0.6 is 11.6 Å². The third-order valence-corrected chi connectivity index (χ3v) is 3.90. The van der Waals surface area contributed by atoms with Gasteiger partial charge in [0.15, 0.2) is 0 Å². The number of hydrogen-bond donors (Lipinski definition) is 2. The van der Waals surface area contributed by atoms with E-state index in [4.69, 9.17) is 16.3 Å². The van der Waals surface area contributed by atoms with Crippen molar-refractivity contribution in [2.24, 2.45) is 0 Å². The van der Waals surface area contributed by atoms with E-state index >= 15 is 0 Å². The Kier molecular flexibility index (Phi) is 7.66. The Morgan fingerprint density at radius 3 is 2.64 bits per heavy atom. The van der Waals surface area contributed by atoms with E-state index in [0.717, 1.165) is 50.8 Å². The van der Waals surface area contributed by atoms with Crippen LogP contribution in [0.3, 0.4) is 0 Å². The van der Waals surface area contributed by atoms with Gasteiger partial charge in [0, 0.05) is 37.7 Å². The van der Waals surface area contributed by atoms with Gasteiger partial charge in [-0.15, -0.1) is 0 Å². The maximum atomic E-state index is 11.7. The van der Waals surface area contributed by atoms with Crippen molar-refractivity contribution in [2.45, 2.75) is 6.42 Å². The molecule has 1 amide bonds. The molecule has 5 nitrogen and oxygen atoms in total. The second-order valence-corrected chi connectivity index (χ2v) is 5.79. The molecule has 0 aliphatic carbocycles. The first-order valence-electron chi connectivity index (χ1n) is 7.76. The van der Waals surface area contributed by atoms with Crippen LogP contribution in [0.4, 0.5) is 0 Å². The number of morpholine rings is 1. The van der Waals surface area contributed by atoms with Crippen LogP contribution in [0.25, 0.3) is 0 Å². The topological polar surface area (TPSA) is 53.6 Å². The molecule has 1 saturated heterocycles. The highest BCUT2D eigenvalue weighted by molar-refractivity contribution is 6.30. The van der Waals surface area contributed by atoms with Crippen LogP contribution in [-0.4, -0.2) is 63.3 Å². The van der Waals surface area contributed by atoms with Gasteiger partial charge >= 0.3 is 0 Å². The first kappa shape index (κ1) is 17.2. The number of halogens is 1. The van der Waals surface area contributed by atoms with Crippen LogP contribution < -0.4 is 10.6 Å². The van der Waals surface area contributed by atoms with Crippen LogP contribution in [0, 0.1) is 0 Å². The van der Waals surface area contributed by atoms with Gasteiger partial charge in [0.2, 0.25) is 5.91 Å². The normalized spacial score (nSPS) is 15.7. The number of carbonyl (C=O) groups is 1. The lowest BCUT2D eigenvalue weighted by molar-refractivity contribution is -0.120. The number of nitrogens with one attached hydrogen (secondary N) is 2. The Morgan fingerprint density at radius 1 is 1.18 bits per heavy atom. The summed E-state index contributed by atoms with van der Waals surface area (Å²) in [5.41, 5.74) is 1.17. The van der Waals surface area contributed by atoms with Crippen molar-refractivity contribution < 1.29 is 9.53 Å². The maximum Gasteiger partial charge on any atom is 0.233 e. The third-order valence-electron chi connectivity index (χ3n) is 3.64. The molecule has 2 rings (SSSR count). The van der Waals surface area contributed by atoms with Crippen LogP contribution in [0.1, 0.15) is 5.56 Å². The van der Waals surface area contributed by atoms with Crippen LogP contribution in [0.2, 0.25) is 5.02 Å². The van der Waals surface area contributed by atoms with Crippen LogP contribution in [0.15, 0.2) is 24.3 Å². The van der Waals surface area contributed by atoms with Gasteiger partial charge in [0.25, 0.3) is 0 Å². The fraction of sp³-hybridized carbons (Fsp3) is 0.562. The molecule has 2 N–H and O–H groups in total. The summed E-state index contributed by atoms with van der Waals surface area (Å²) in [6.45, 7) is 6.38. The van der Waals surface area contributed by atoms with Crippen LogP contribution in [0.5, 0.6) is 0 Å². The molecular weight excluding hydrogens is 302 g/mol. The summed E-state index contributed by atoms with van der Waals surface area (Å²) in [5, 5.41) is 6.83. The summed E-state index contributed by atoms with van der Waals surface area (Å²) in [5.74, 6) is 0.0379. The first-order valence-corrected chi connectivity index (χ1v) is 8.14. The number of carbonyl (C=O) groups excluding carboxylic acids is 1. The molecule has 6 heteroatoms. The van der Waals surface area contributed by atoms with Gasteiger partial charge in [-0.3, -0.25) is 9.69 Å². The lowest BCUT2D eigenvalue weighted by atomic mass is 10.1. The molecule has 0 radical (unpaired) electrons. The highest BCUT2D eigenvalue weighted by Gasteiger charge is 2.09. The quantitative estimate of drug-likeness (QED) is 0.698. The molecule has 0 unspecified atom stereocenters. The summed E-state index contributed by atoms with van der Waals surface area (Å²) in [6.07, 6.45) is 0.816. The van der Waals surface area contributed by atoms with Crippen LogP contribution in [-0.2, 0) is 16.0 Å². The number of ether oxygens (including phenoxy) is 1. The van der Waals surface area contributed by atoms with Crippen molar-refractivity contribution >= 4 is 17.5 Å². The van der Waals surface area contributed by atoms with E-state index in [1.54, 1.807) is 0 Å². The standard InChI is InChI=1S/C16H24ClN3O2/c17-15-3-1-14(2-4-15)5-6-19-16(21)13-18-7-8-20-9-11-22-12-10-20/h1-4,18H,5-13H2,(H,19,21). The summed E-state index contributed by atoms with van der Waals surface area (Å²) in [6, 6.07) is 7.70. The average molecular weight is 326 g/mol. The van der Waals surface area contributed by atoms with E-state index in [2.05, 4.69) is 15.5 Å². The van der Waals surface area contributed by atoms with E-state index in [1.165, 1.54) is 5.56 Å². The fourth-order valence-electron chi connectivity index (χ4n) is 2.32. The molecule has 0 spiro atoms. The van der Waals surface area contributed by atoms with Gasteiger partial charge in [0.05, 0.1) is 19.8 Å². The monoisotopic (exact) mass is 325 g/mol. The molecule has 1 aliphatic heterocycles. The second-order valence-electron chi connectivity index (χ2n) is 5.36. The minimum absolute atomic E-state index is 0.0379. The lowest BCUT2D eigenvalue weighted by Crippen LogP contribution is -2.42. The minimum atomic E-state index is 0.0379. The van der Waals surface area contributed by atoms with Gasteiger partial charge in [-0.25, -0.2) is 0 Å². The molecule has 0 bridgehead atoms. The molecule has 1 heterocycles. The molecule has 1 aromatic rings. The van der Waals surface area contributed by atoms with Crippen molar-refractivity contribution in [3.05, 3.63) is 34.9 Å². The Labute approximate surface area is 137 Å². The third kappa shape index (κ3) is 6.75. The lowest BCUT2D eigenvalue weighted by Gasteiger charge is -2.26. The molecule has 0 saturated carbocycles. The Morgan fingerprint density at radius 2 is 1.91 bits per heavy atom. The number of hydrogen-bond acceptors (Lipinski definition) is 4. The van der Waals surface area contributed by atoms with Crippen molar-refractivity contribution in [3.63, 3.8) is 0 Å². The zero-order valence-electron chi connectivity index (χ0n) is 12.8. The number of nitrogens with zero attached hydrogens (tertiary/aromatic N) is 1. The van der Waals surface area contributed by atoms with E-state index in [-0.39, 0.29) is 5.91 Å². The van der Waals surface area contributed by atoms with Crippen molar-refractivity contribution in [2.75, 3.05) is 52.5 Å². The fourth-order valence-corrected chi connectivity index (χ4v) is 2.45. The zero-order valence-corrected chi connectivity index (χ0v) is 13.6. The predicted octanol–water partition coefficient (Wildman–Crippen LogP) is 0.921. The predicted molar refractivity (Wildman–Crippen MR) is 88.3 cm³/mol. The summed E-state index contributed by atoms with van der Waals surface area (Å²) in [7, 11) is 0. The second kappa shape index (κ2) is 9.79. The number of amides is 1. The Balaban J connectivity index is 1.49. The largest absolute Gasteiger partial charge is 0.379 e. The summed E-state index contributed by atoms with van der Waals surface area (Å²) < 4.78 is 5.30. The van der Waals surface area contributed by atoms with E-state index < -0.39 is 0 Å². The van der Waals surface area contributed by atoms with E-state index in [0.29, 0.717) is 13.1 Å². The summed E-state index contributed by atoms with van der Waals surface area (Å²) in [4.78, 5) is 14.1. The van der Waals surface area contributed by atoms with Crippen molar-refractivity contribution in [3.8, 4) is 0 Å². The smallest absolute Gasteiger partial charge is 0.233 e. The van der Waals surface area contributed by atoms with Crippen molar-refractivity contribution in [1.82, 2.24) is 15.5 Å². The average Bonchev–Trinajstić information content (AvgIpc) is 2.54. The number of rotatable bonds is 8. The SMILES string of the molecule is O=C(CNCCN1CCOCC1)NCCc1ccc(Cl)cc1. The first-order chi connectivity index (χ1) is 10.7. The number of benzene rings is 1. The summed E-state index contributed by atoms with van der Waals surface area (Å²) >= 11 is 5.83. The van der Waals surface area contributed by atoms with Gasteiger partial charge in [-0.05, 0) is 24.1 Å². The highest BCUT2D eigenvalue weighted by Crippen LogP contribution is 2.09. The molecule has 1 aliphatic rings. The Hall–Kier alpha value is -1.14. The molecule has 0 aromatic heterocycles. The molecular formula is C16H24ClN3O2. The van der Waals surface area contributed by atoms with E-state index in [1.807, 2.05) is 24.3 Å². The van der Waals surface area contributed by atoms with Gasteiger partial charge in [-0.2, -0.15) is 0 Å². The highest BCUT2D eigenvalue weighted by atomic mass is 35.5.